The zero-order chi connectivity index (χ0) is 22.9. The van der Waals surface area contributed by atoms with Crippen molar-refractivity contribution in [1.82, 2.24) is 0 Å². The van der Waals surface area contributed by atoms with Crippen molar-refractivity contribution < 1.29 is 9.84 Å². The van der Waals surface area contributed by atoms with Crippen molar-refractivity contribution in [3.05, 3.63) is 11.6 Å². The van der Waals surface area contributed by atoms with E-state index in [4.69, 9.17) is 4.74 Å². The third-order valence-electron chi connectivity index (χ3n) is 13.2. The average molecular weight is 441 g/mol. The molecule has 1 N–H and O–H groups in total. The number of rotatable bonds is 1. The van der Waals surface area contributed by atoms with Crippen molar-refractivity contribution in [1.29, 1.82) is 0 Å². The number of hydrogen-bond donors (Lipinski definition) is 1. The lowest BCUT2D eigenvalue weighted by Gasteiger charge is -2.63. The Balaban J connectivity index is 1.35. The van der Waals surface area contributed by atoms with Crippen molar-refractivity contribution in [2.75, 3.05) is 0 Å². The quantitative estimate of drug-likeness (QED) is 0.438. The van der Waals surface area contributed by atoms with Crippen molar-refractivity contribution in [2.45, 2.75) is 125 Å². The van der Waals surface area contributed by atoms with E-state index < -0.39 is 0 Å². The molecule has 2 spiro atoms. The Bertz CT molecular complexity index is 840. The van der Waals surface area contributed by atoms with Crippen LogP contribution in [0.4, 0.5) is 0 Å². The van der Waals surface area contributed by atoms with Crippen molar-refractivity contribution in [2.24, 2.45) is 50.7 Å². The fourth-order valence-electron chi connectivity index (χ4n) is 11.8. The molecule has 0 amide bonds. The molecule has 1 heterocycles. The maximum atomic E-state index is 10.9. The normalized spacial score (nSPS) is 59.7. The molecule has 11 atom stereocenters. The molecule has 0 aromatic carbocycles. The van der Waals surface area contributed by atoms with E-state index >= 15 is 0 Å². The monoisotopic (exact) mass is 440 g/mol. The van der Waals surface area contributed by atoms with Crippen LogP contribution in [0.25, 0.3) is 0 Å². The molecule has 0 bridgehead atoms. The minimum absolute atomic E-state index is 0.0905. The number of allylic oxidation sites excluding steroid dienone is 1. The first-order valence-corrected chi connectivity index (χ1v) is 13.9. The first kappa shape index (κ1) is 22.1. The highest BCUT2D eigenvalue weighted by atomic mass is 16.5. The SMILES string of the molecule is CC(C)=C[C@H]1C[C@@H](C)[C@H]2[C@H](C[C@@]3(C)[C@@H]4CC[C@H]5C(C)(C)[C@@H](O)CC[C@@]56C[C@@]46CC[C@]23C)O1. The highest BCUT2D eigenvalue weighted by Crippen LogP contribution is 2.89. The van der Waals surface area contributed by atoms with E-state index in [0.717, 1.165) is 30.1 Å². The molecule has 0 radical (unpaired) electrons. The van der Waals surface area contributed by atoms with Crippen molar-refractivity contribution in [3.63, 3.8) is 0 Å². The lowest BCUT2D eigenvalue weighted by molar-refractivity contribution is -0.165. The van der Waals surface area contributed by atoms with Gasteiger partial charge in [-0.1, -0.05) is 46.3 Å². The Morgan fingerprint density at radius 1 is 0.906 bits per heavy atom. The van der Waals surface area contributed by atoms with E-state index in [1.807, 2.05) is 0 Å². The highest BCUT2D eigenvalue weighted by Gasteiger charge is 2.83. The molecule has 2 nitrogen and oxygen atoms in total. The van der Waals surface area contributed by atoms with Gasteiger partial charge in [-0.3, -0.25) is 0 Å². The van der Waals surface area contributed by atoms with Crippen LogP contribution in [0.5, 0.6) is 0 Å². The molecule has 180 valence electrons. The number of aliphatic hydroxyl groups excluding tert-OH is 1. The van der Waals surface area contributed by atoms with Gasteiger partial charge in [0.2, 0.25) is 0 Å². The van der Waals surface area contributed by atoms with Gasteiger partial charge < -0.3 is 9.84 Å². The fourth-order valence-corrected chi connectivity index (χ4v) is 11.8. The van der Waals surface area contributed by atoms with Gasteiger partial charge in [0.25, 0.3) is 0 Å². The first-order valence-electron chi connectivity index (χ1n) is 13.9. The predicted molar refractivity (Wildman–Crippen MR) is 130 cm³/mol. The predicted octanol–water partition coefficient (Wildman–Crippen LogP) is 7.16. The molecule has 6 rings (SSSR count). The molecular formula is C30H48O2. The zero-order valence-corrected chi connectivity index (χ0v) is 21.8. The number of fused-ring (bicyclic) bond motifs is 4. The summed E-state index contributed by atoms with van der Waals surface area (Å²) in [5, 5.41) is 10.9. The maximum absolute atomic E-state index is 10.9. The third-order valence-corrected chi connectivity index (χ3v) is 13.2. The minimum atomic E-state index is -0.104. The van der Waals surface area contributed by atoms with E-state index in [0.29, 0.717) is 33.9 Å². The van der Waals surface area contributed by atoms with Crippen LogP contribution >= 0.6 is 0 Å². The van der Waals surface area contributed by atoms with Gasteiger partial charge in [0, 0.05) is 0 Å². The maximum Gasteiger partial charge on any atom is 0.0764 e. The molecule has 6 aliphatic rings. The molecule has 0 aromatic rings. The van der Waals surface area contributed by atoms with Gasteiger partial charge in [0.15, 0.2) is 0 Å². The van der Waals surface area contributed by atoms with E-state index in [1.165, 1.54) is 56.9 Å². The highest BCUT2D eigenvalue weighted by molar-refractivity contribution is 5.31. The summed E-state index contributed by atoms with van der Waals surface area (Å²) in [6.07, 6.45) is 14.9. The van der Waals surface area contributed by atoms with Crippen LogP contribution in [-0.4, -0.2) is 23.4 Å². The Hall–Kier alpha value is -0.340. The molecule has 32 heavy (non-hydrogen) atoms. The van der Waals surface area contributed by atoms with Gasteiger partial charge in [-0.05, 0) is 122 Å². The Labute approximate surface area is 197 Å². The minimum Gasteiger partial charge on any atom is -0.393 e. The van der Waals surface area contributed by atoms with Gasteiger partial charge >= 0.3 is 0 Å². The summed E-state index contributed by atoms with van der Waals surface area (Å²) in [5.41, 5.74) is 3.42. The largest absolute Gasteiger partial charge is 0.393 e. The van der Waals surface area contributed by atoms with Crippen LogP contribution in [0, 0.1) is 50.7 Å². The summed E-state index contributed by atoms with van der Waals surface area (Å²) >= 11 is 0. The standard InChI is InChI=1S/C30H48O2/c1-18(2)14-20-15-19(3)25-21(32-20)16-28(7)23-9-8-22-26(4,5)24(31)10-11-29(22)17-30(23,29)13-12-27(25,28)6/h14,19-25,31H,8-13,15-17H2,1-7H3/t19-,20+,21+,22+,23+,24+,25+,27-,28+,29-,30+/m1/s1. The van der Waals surface area contributed by atoms with Crippen molar-refractivity contribution >= 4 is 0 Å². The zero-order valence-electron chi connectivity index (χ0n) is 21.8. The van der Waals surface area contributed by atoms with Crippen LogP contribution in [0.2, 0.25) is 0 Å². The van der Waals surface area contributed by atoms with Crippen LogP contribution < -0.4 is 0 Å². The molecule has 1 saturated heterocycles. The van der Waals surface area contributed by atoms with Gasteiger partial charge in [0.05, 0.1) is 18.3 Å². The van der Waals surface area contributed by atoms with E-state index in [9.17, 15) is 5.11 Å². The lowest BCUT2D eigenvalue weighted by atomic mass is 9.41. The second kappa shape index (κ2) is 6.45. The van der Waals surface area contributed by atoms with Crippen LogP contribution in [-0.2, 0) is 4.74 Å². The molecule has 5 aliphatic carbocycles. The molecule has 2 heteroatoms. The van der Waals surface area contributed by atoms with Gasteiger partial charge in [0.1, 0.15) is 0 Å². The second-order valence-corrected chi connectivity index (χ2v) is 14.8. The van der Waals surface area contributed by atoms with Crippen LogP contribution in [0.1, 0.15) is 106 Å². The summed E-state index contributed by atoms with van der Waals surface area (Å²) in [7, 11) is 0. The van der Waals surface area contributed by atoms with Gasteiger partial charge in [-0.25, -0.2) is 0 Å². The molecule has 0 unspecified atom stereocenters. The summed E-state index contributed by atoms with van der Waals surface area (Å²) < 4.78 is 6.88. The smallest absolute Gasteiger partial charge is 0.0764 e. The molecule has 0 aromatic heterocycles. The Kier molecular flexibility index (Phi) is 4.46. The Morgan fingerprint density at radius 2 is 1.59 bits per heavy atom. The molecule has 1 aliphatic heterocycles. The van der Waals surface area contributed by atoms with Gasteiger partial charge in [-0.2, -0.15) is 0 Å². The number of hydrogen-bond acceptors (Lipinski definition) is 2. The van der Waals surface area contributed by atoms with Crippen molar-refractivity contribution in [3.8, 4) is 0 Å². The topological polar surface area (TPSA) is 29.5 Å². The second-order valence-electron chi connectivity index (χ2n) is 14.8. The Morgan fingerprint density at radius 3 is 2.31 bits per heavy atom. The molecule has 5 saturated carbocycles. The summed E-state index contributed by atoms with van der Waals surface area (Å²) in [5.74, 6) is 3.07. The fraction of sp³-hybridized carbons (Fsp3) is 0.933. The lowest BCUT2D eigenvalue weighted by Crippen LogP contribution is -2.57. The third kappa shape index (κ3) is 2.40. The van der Waals surface area contributed by atoms with E-state index in [-0.39, 0.29) is 11.5 Å². The van der Waals surface area contributed by atoms with E-state index in [2.05, 4.69) is 54.5 Å². The molecular weight excluding hydrogens is 392 g/mol. The van der Waals surface area contributed by atoms with E-state index in [1.54, 1.807) is 0 Å². The van der Waals surface area contributed by atoms with Crippen LogP contribution in [0.3, 0.4) is 0 Å². The summed E-state index contributed by atoms with van der Waals surface area (Å²) in [6.45, 7) is 17.1. The molecule has 6 fully saturated rings. The van der Waals surface area contributed by atoms with Gasteiger partial charge in [-0.15, -0.1) is 0 Å². The summed E-state index contributed by atoms with van der Waals surface area (Å²) in [6, 6.07) is 0. The average Bonchev–Trinajstić information content (AvgIpc) is 3.29. The van der Waals surface area contributed by atoms with Crippen LogP contribution in [0.15, 0.2) is 11.6 Å². The number of ether oxygens (including phenoxy) is 1. The number of aliphatic hydroxyl groups is 1. The summed E-state index contributed by atoms with van der Waals surface area (Å²) in [4.78, 5) is 0. The first-order chi connectivity index (χ1) is 14.9.